The Labute approximate surface area is 237 Å². The van der Waals surface area contributed by atoms with E-state index in [1.54, 1.807) is 0 Å². The second-order valence-corrected chi connectivity index (χ2v) is 9.10. The molecule has 42 heavy (non-hydrogen) atoms. The molecule has 0 saturated carbocycles. The van der Waals surface area contributed by atoms with E-state index in [1.807, 2.05) is 0 Å². The first-order valence-corrected chi connectivity index (χ1v) is 12.3. The molecule has 2 heterocycles. The zero-order valence-corrected chi connectivity index (χ0v) is 22.1. The highest BCUT2D eigenvalue weighted by atomic mass is 35.5. The minimum absolute atomic E-state index is 0.0421. The fourth-order valence-electron chi connectivity index (χ4n) is 3.86. The minimum atomic E-state index is -5.03. The fourth-order valence-corrected chi connectivity index (χ4v) is 3.99. The molecule has 1 amide bonds. The third kappa shape index (κ3) is 6.85. The van der Waals surface area contributed by atoms with E-state index < -0.39 is 49.9 Å². The maximum atomic E-state index is 13.2. The van der Waals surface area contributed by atoms with Gasteiger partial charge in [-0.1, -0.05) is 23.7 Å². The van der Waals surface area contributed by atoms with Gasteiger partial charge in [-0.25, -0.2) is 23.9 Å². The van der Waals surface area contributed by atoms with Crippen LogP contribution in [0, 0.1) is 0 Å². The zero-order chi connectivity index (χ0) is 30.8. The van der Waals surface area contributed by atoms with Gasteiger partial charge in [-0.3, -0.25) is 4.57 Å². The quantitative estimate of drug-likeness (QED) is 0.256. The van der Waals surface area contributed by atoms with Crippen molar-refractivity contribution in [2.45, 2.75) is 45.0 Å². The number of nitrogens with zero attached hydrogens (tertiary/aromatic N) is 6. The van der Waals surface area contributed by atoms with Gasteiger partial charge in [0, 0.05) is 10.6 Å². The topological polar surface area (TPSA) is 152 Å². The molecule has 0 aliphatic carbocycles. The van der Waals surface area contributed by atoms with Gasteiger partial charge in [0.15, 0.2) is 35.4 Å². The Bertz CT molecular complexity index is 1620. The number of benzene rings is 2. The summed E-state index contributed by atoms with van der Waals surface area (Å²) in [5, 5.41) is 18.3. The van der Waals surface area contributed by atoms with Crippen molar-refractivity contribution in [3.63, 3.8) is 0 Å². The Balaban J connectivity index is 1.81. The molecule has 12 nitrogen and oxygen atoms in total. The van der Waals surface area contributed by atoms with Crippen LogP contribution in [0.3, 0.4) is 0 Å². The molecule has 0 aliphatic heterocycles. The molecule has 0 saturated heterocycles. The number of aliphatic hydroxyl groups is 1. The molecule has 0 radical (unpaired) electrons. The van der Waals surface area contributed by atoms with E-state index in [9.17, 15) is 36.6 Å². The molecule has 224 valence electrons. The van der Waals surface area contributed by atoms with E-state index in [-0.39, 0.29) is 34.5 Å². The van der Waals surface area contributed by atoms with Crippen molar-refractivity contribution in [1.29, 1.82) is 0 Å². The van der Waals surface area contributed by atoms with Gasteiger partial charge in [0.05, 0.1) is 6.54 Å². The highest BCUT2D eigenvalue weighted by Crippen LogP contribution is 2.28. The monoisotopic (exact) mass is 617 g/mol. The number of rotatable bonds is 10. The van der Waals surface area contributed by atoms with E-state index in [1.165, 1.54) is 55.5 Å². The van der Waals surface area contributed by atoms with Crippen molar-refractivity contribution < 1.29 is 41.3 Å². The lowest BCUT2D eigenvalue weighted by Gasteiger charge is -2.15. The molecule has 2 aromatic carbocycles. The number of alkyl halides is 5. The number of nitrogens with two attached hydrogens (primary N) is 1. The van der Waals surface area contributed by atoms with Crippen LogP contribution in [0.2, 0.25) is 5.02 Å². The molecule has 0 fully saturated rings. The first kappa shape index (κ1) is 30.4. The molecule has 18 heteroatoms. The van der Waals surface area contributed by atoms with Gasteiger partial charge in [0.1, 0.15) is 12.2 Å². The van der Waals surface area contributed by atoms with Gasteiger partial charge < -0.3 is 20.3 Å². The van der Waals surface area contributed by atoms with Gasteiger partial charge in [0.25, 0.3) is 0 Å². The summed E-state index contributed by atoms with van der Waals surface area (Å²) in [5.41, 5.74) is 4.23. The van der Waals surface area contributed by atoms with Crippen molar-refractivity contribution in [3.8, 4) is 22.8 Å². The Morgan fingerprint density at radius 2 is 1.79 bits per heavy atom. The normalized spacial score (nSPS) is 13.3. The van der Waals surface area contributed by atoms with Gasteiger partial charge in [-0.05, 0) is 43.3 Å². The van der Waals surface area contributed by atoms with Crippen LogP contribution in [0.5, 0.6) is 5.75 Å². The van der Waals surface area contributed by atoms with E-state index in [0.29, 0.717) is 9.59 Å². The number of aromatic nitrogens is 6. The van der Waals surface area contributed by atoms with Crippen LogP contribution >= 0.6 is 11.6 Å². The van der Waals surface area contributed by atoms with Crippen LogP contribution in [0.4, 0.5) is 26.7 Å². The molecule has 3 N–H and O–H groups in total. The smallest absolute Gasteiger partial charge is 0.416 e. The lowest BCUT2D eigenvalue weighted by Crippen LogP contribution is -2.37. The summed E-state index contributed by atoms with van der Waals surface area (Å²) in [6, 6.07) is 11.2. The average molecular weight is 618 g/mol. The van der Waals surface area contributed by atoms with E-state index in [2.05, 4.69) is 19.9 Å². The molecular formula is C24H21ClF5N7O5. The number of carbonyl (C=O) groups is 1. The molecular weight excluding hydrogens is 597 g/mol. The van der Waals surface area contributed by atoms with Crippen LogP contribution in [-0.2, 0) is 17.8 Å². The van der Waals surface area contributed by atoms with Gasteiger partial charge >= 0.3 is 24.6 Å². The molecule has 4 rings (SSSR count). The van der Waals surface area contributed by atoms with Crippen molar-refractivity contribution in [2.75, 3.05) is 0 Å². The molecule has 0 aliphatic rings. The lowest BCUT2D eigenvalue weighted by molar-refractivity contribution is -0.207. The number of para-hydroxylation sites is 2. The number of carbonyl (C=O) groups excluding carboxylic acids is 1. The van der Waals surface area contributed by atoms with Crippen LogP contribution < -0.4 is 16.2 Å². The van der Waals surface area contributed by atoms with Gasteiger partial charge in [-0.2, -0.15) is 22.0 Å². The van der Waals surface area contributed by atoms with Crippen LogP contribution in [0.15, 0.2) is 53.3 Å². The van der Waals surface area contributed by atoms with E-state index in [4.69, 9.17) is 22.1 Å². The minimum Gasteiger partial charge on any atom is -0.438 e. The maximum Gasteiger partial charge on any atom is 0.416 e. The van der Waals surface area contributed by atoms with E-state index >= 15 is 0 Å². The molecule has 0 spiro atoms. The van der Waals surface area contributed by atoms with Crippen molar-refractivity contribution in [1.82, 2.24) is 29.1 Å². The number of aliphatic hydroxyl groups excluding tert-OH is 1. The highest BCUT2D eigenvalue weighted by molar-refractivity contribution is 6.30. The Morgan fingerprint density at radius 1 is 1.12 bits per heavy atom. The predicted octanol–water partition coefficient (Wildman–Crippen LogP) is 3.68. The number of halogens is 6. The lowest BCUT2D eigenvalue weighted by atomic mass is 10.2. The number of ether oxygens (including phenoxy) is 2. The summed E-state index contributed by atoms with van der Waals surface area (Å²) in [6.45, 7) is -3.54. The largest absolute Gasteiger partial charge is 0.438 e. The summed E-state index contributed by atoms with van der Waals surface area (Å²) in [7, 11) is 0. The Morgan fingerprint density at radius 3 is 2.40 bits per heavy atom. The SMILES string of the molecule is CC(OC(N)=O)c1nc(Cn2nc(-c3ccc(Cl)cc3)n(CC(O)C(F)(F)F)c2=O)nn1-c1ccccc1OC(F)F. The molecule has 2 atom stereocenters. The van der Waals surface area contributed by atoms with Crippen LogP contribution in [-0.4, -0.2) is 59.2 Å². The summed E-state index contributed by atoms with van der Waals surface area (Å²) in [5.74, 6) is -0.834. The summed E-state index contributed by atoms with van der Waals surface area (Å²) in [4.78, 5) is 28.9. The van der Waals surface area contributed by atoms with Crippen molar-refractivity contribution >= 4 is 17.7 Å². The van der Waals surface area contributed by atoms with Crippen LogP contribution in [0.1, 0.15) is 24.7 Å². The predicted molar refractivity (Wildman–Crippen MR) is 135 cm³/mol. The highest BCUT2D eigenvalue weighted by Gasteiger charge is 2.39. The number of primary amides is 1. The maximum absolute atomic E-state index is 13.2. The third-order valence-corrected chi connectivity index (χ3v) is 5.94. The van der Waals surface area contributed by atoms with Crippen LogP contribution in [0.25, 0.3) is 17.1 Å². The first-order valence-electron chi connectivity index (χ1n) is 11.9. The molecule has 2 unspecified atom stereocenters. The van der Waals surface area contributed by atoms with E-state index in [0.717, 1.165) is 9.36 Å². The third-order valence-electron chi connectivity index (χ3n) is 5.69. The second kappa shape index (κ2) is 12.2. The summed E-state index contributed by atoms with van der Waals surface area (Å²) < 4.78 is 77.5. The number of amides is 1. The fraction of sp³-hybridized carbons (Fsp3) is 0.292. The molecule has 0 bridgehead atoms. The summed E-state index contributed by atoms with van der Waals surface area (Å²) in [6.07, 6.45) is -10.3. The summed E-state index contributed by atoms with van der Waals surface area (Å²) >= 11 is 5.90. The first-order chi connectivity index (χ1) is 19.7. The van der Waals surface area contributed by atoms with Crippen molar-refractivity contribution in [3.05, 3.63) is 75.7 Å². The standard InChI is InChI=1S/C24H21ClF5N7O5/c1-12(41-22(31)39)19-32-18(33-37(19)15-4-2-3-5-16(15)42-21(26)27)11-36-23(40)35(10-17(38)24(28,29)30)20(34-36)13-6-8-14(25)9-7-13/h2-9,12,17,21,38H,10-11H2,1H3,(H2,31,39). The molecule has 4 aromatic rings. The van der Waals surface area contributed by atoms with Gasteiger partial charge in [-0.15, -0.1) is 10.2 Å². The number of hydrogen-bond donors (Lipinski definition) is 2. The van der Waals surface area contributed by atoms with Gasteiger partial charge in [0.2, 0.25) is 0 Å². The zero-order valence-electron chi connectivity index (χ0n) is 21.4. The Hall–Kier alpha value is -4.51. The van der Waals surface area contributed by atoms with Crippen molar-refractivity contribution in [2.24, 2.45) is 5.73 Å². The second-order valence-electron chi connectivity index (χ2n) is 8.66. The number of hydrogen-bond acceptors (Lipinski definition) is 8. The Kier molecular flexibility index (Phi) is 8.81. The average Bonchev–Trinajstić information content (AvgIpc) is 3.45. The molecule has 2 aromatic heterocycles.